The molecule has 0 saturated carbocycles. The number of carbonyl (C=O) groups excluding carboxylic acids is 1. The zero-order chi connectivity index (χ0) is 19.1. The Morgan fingerprint density at radius 1 is 1.20 bits per heavy atom. The van der Waals surface area contributed by atoms with Gasteiger partial charge in [-0.25, -0.2) is 9.78 Å². The number of halogens is 3. The van der Waals surface area contributed by atoms with Gasteiger partial charge in [-0.3, -0.25) is 0 Å². The van der Waals surface area contributed by atoms with Crippen molar-refractivity contribution in [2.45, 2.75) is 45.7 Å². The first-order valence-electron chi connectivity index (χ1n) is 7.62. The maximum Gasteiger partial charge on any atom is 0.433 e. The van der Waals surface area contributed by atoms with E-state index in [0.717, 1.165) is 6.07 Å². The zero-order valence-corrected chi connectivity index (χ0v) is 14.7. The molecule has 0 spiro atoms. The quantitative estimate of drug-likeness (QED) is 0.752. The summed E-state index contributed by atoms with van der Waals surface area (Å²) in [6, 6.07) is 2.13. The number of amides is 1. The lowest BCUT2D eigenvalue weighted by Crippen LogP contribution is -2.32. The number of alkyl halides is 3. The van der Waals surface area contributed by atoms with Gasteiger partial charge in [0.15, 0.2) is 0 Å². The Bertz CT molecular complexity index is 571. The smallest absolute Gasteiger partial charge is 0.433 e. The molecule has 0 aliphatic heterocycles. The topological polar surface area (TPSA) is 69.7 Å². The summed E-state index contributed by atoms with van der Waals surface area (Å²) in [6.07, 6.45) is -5.23. The van der Waals surface area contributed by atoms with Crippen LogP contribution in [0.1, 0.15) is 37.7 Å². The first-order valence-corrected chi connectivity index (χ1v) is 7.62. The highest BCUT2D eigenvalue weighted by molar-refractivity contribution is 5.67. The minimum absolute atomic E-state index is 0.0248. The molecule has 1 heterocycles. The van der Waals surface area contributed by atoms with Crippen LogP contribution in [0.2, 0.25) is 0 Å². The number of ether oxygens (including phenoxy) is 3. The lowest BCUT2D eigenvalue weighted by Gasteiger charge is -2.20. The molecule has 0 aliphatic carbocycles. The summed E-state index contributed by atoms with van der Waals surface area (Å²) in [5.41, 5.74) is -1.17. The third-order valence-corrected chi connectivity index (χ3v) is 2.85. The van der Waals surface area contributed by atoms with Crippen molar-refractivity contribution in [3.8, 4) is 0 Å². The van der Waals surface area contributed by atoms with Crippen molar-refractivity contribution in [2.24, 2.45) is 0 Å². The predicted molar refractivity (Wildman–Crippen MR) is 83.8 cm³/mol. The van der Waals surface area contributed by atoms with Crippen LogP contribution in [0.15, 0.2) is 12.1 Å². The molecule has 1 N–H and O–H groups in total. The van der Waals surface area contributed by atoms with E-state index in [9.17, 15) is 18.0 Å². The van der Waals surface area contributed by atoms with E-state index in [0.29, 0.717) is 12.2 Å². The fourth-order valence-corrected chi connectivity index (χ4v) is 1.77. The molecular formula is C16H23F3N2O4. The number of alkyl carbamates (subject to hydrolysis) is 1. The molecule has 6 nitrogen and oxygen atoms in total. The number of rotatable bonds is 7. The van der Waals surface area contributed by atoms with E-state index in [4.69, 9.17) is 14.2 Å². The Labute approximate surface area is 144 Å². The molecular weight excluding hydrogens is 341 g/mol. The van der Waals surface area contributed by atoms with E-state index in [1.54, 1.807) is 20.8 Å². The van der Waals surface area contributed by atoms with Crippen molar-refractivity contribution < 1.29 is 32.2 Å². The summed E-state index contributed by atoms with van der Waals surface area (Å²) < 4.78 is 53.7. The van der Waals surface area contributed by atoms with Crippen LogP contribution in [-0.4, -0.2) is 37.0 Å². The zero-order valence-electron chi connectivity index (χ0n) is 14.7. The molecule has 9 heteroatoms. The van der Waals surface area contributed by atoms with Gasteiger partial charge < -0.3 is 19.5 Å². The molecule has 1 amide bonds. The first-order chi connectivity index (χ1) is 11.5. The van der Waals surface area contributed by atoms with Crippen molar-refractivity contribution in [3.63, 3.8) is 0 Å². The fourth-order valence-electron chi connectivity index (χ4n) is 1.77. The third kappa shape index (κ3) is 8.17. The number of hydrogen-bond donors (Lipinski definition) is 1. The Kier molecular flexibility index (Phi) is 7.62. The van der Waals surface area contributed by atoms with Crippen LogP contribution in [0.3, 0.4) is 0 Å². The summed E-state index contributed by atoms with van der Waals surface area (Å²) in [5.74, 6) is 0. The molecule has 0 saturated heterocycles. The highest BCUT2D eigenvalue weighted by Gasteiger charge is 2.33. The Morgan fingerprint density at radius 3 is 2.44 bits per heavy atom. The maximum atomic E-state index is 12.8. The maximum absolute atomic E-state index is 12.8. The van der Waals surface area contributed by atoms with Crippen molar-refractivity contribution in [1.82, 2.24) is 10.3 Å². The van der Waals surface area contributed by atoms with Crippen molar-refractivity contribution in [3.05, 3.63) is 29.1 Å². The van der Waals surface area contributed by atoms with E-state index in [1.807, 2.05) is 0 Å². The van der Waals surface area contributed by atoms with Gasteiger partial charge in [0.05, 0.1) is 25.5 Å². The number of nitrogens with one attached hydrogen (secondary N) is 1. The second-order valence-electron chi connectivity index (χ2n) is 6.20. The van der Waals surface area contributed by atoms with E-state index in [1.165, 1.54) is 13.2 Å². The largest absolute Gasteiger partial charge is 0.444 e. The molecule has 1 aromatic heterocycles. The number of methoxy groups -OCH3 is 1. The Balaban J connectivity index is 2.83. The molecule has 0 radical (unpaired) electrons. The number of hydrogen-bond acceptors (Lipinski definition) is 5. The van der Waals surface area contributed by atoms with E-state index >= 15 is 0 Å². The molecule has 0 atom stereocenters. The van der Waals surface area contributed by atoms with Crippen molar-refractivity contribution in [1.29, 1.82) is 0 Å². The molecule has 0 bridgehead atoms. The summed E-state index contributed by atoms with van der Waals surface area (Å²) in [7, 11) is 1.49. The van der Waals surface area contributed by atoms with Crippen LogP contribution in [0.25, 0.3) is 0 Å². The molecule has 0 aliphatic rings. The highest BCUT2D eigenvalue weighted by Crippen LogP contribution is 2.28. The van der Waals surface area contributed by atoms with Gasteiger partial charge in [0.25, 0.3) is 0 Å². The Hall–Kier alpha value is -1.87. The van der Waals surface area contributed by atoms with E-state index in [-0.39, 0.29) is 25.5 Å². The minimum Gasteiger partial charge on any atom is -0.444 e. The van der Waals surface area contributed by atoms with Gasteiger partial charge in [-0.1, -0.05) is 6.07 Å². The summed E-state index contributed by atoms with van der Waals surface area (Å²) in [5, 5.41) is 2.49. The standard InChI is InChI=1S/C16H23F3N2O4/c1-15(2,3)25-14(22)20-9-11-5-6-13(16(17,18)19)21-12(11)10-24-8-7-23-4/h5-6H,7-10H2,1-4H3,(H,20,22). The van der Waals surface area contributed by atoms with Crippen molar-refractivity contribution in [2.75, 3.05) is 20.3 Å². The van der Waals surface area contributed by atoms with Crippen LogP contribution in [0.4, 0.5) is 18.0 Å². The lowest BCUT2D eigenvalue weighted by atomic mass is 10.1. The van der Waals surface area contributed by atoms with Gasteiger partial charge in [-0.15, -0.1) is 0 Å². The van der Waals surface area contributed by atoms with Crippen LogP contribution in [-0.2, 0) is 33.5 Å². The van der Waals surface area contributed by atoms with Crippen LogP contribution >= 0.6 is 0 Å². The van der Waals surface area contributed by atoms with Gasteiger partial charge >= 0.3 is 12.3 Å². The molecule has 1 aromatic rings. The fraction of sp³-hybridized carbons (Fsp3) is 0.625. The third-order valence-electron chi connectivity index (χ3n) is 2.85. The summed E-state index contributed by atoms with van der Waals surface area (Å²) >= 11 is 0. The van der Waals surface area contributed by atoms with Gasteiger partial charge in [-0.2, -0.15) is 13.2 Å². The highest BCUT2D eigenvalue weighted by atomic mass is 19.4. The average Bonchev–Trinajstić information content (AvgIpc) is 2.47. The van der Waals surface area contributed by atoms with E-state index < -0.39 is 23.6 Å². The second-order valence-corrected chi connectivity index (χ2v) is 6.20. The number of nitrogens with zero attached hydrogens (tertiary/aromatic N) is 1. The molecule has 0 aromatic carbocycles. The summed E-state index contributed by atoms with van der Waals surface area (Å²) in [6.45, 7) is 5.50. The van der Waals surface area contributed by atoms with Gasteiger partial charge in [0.1, 0.15) is 11.3 Å². The number of aromatic nitrogens is 1. The normalized spacial score (nSPS) is 12.1. The van der Waals surface area contributed by atoms with Gasteiger partial charge in [0, 0.05) is 13.7 Å². The SMILES string of the molecule is COCCOCc1nc(C(F)(F)F)ccc1CNC(=O)OC(C)(C)C. The number of carbonyl (C=O) groups is 1. The molecule has 1 rings (SSSR count). The monoisotopic (exact) mass is 364 g/mol. The second kappa shape index (κ2) is 9.00. The molecule has 142 valence electrons. The summed E-state index contributed by atoms with van der Waals surface area (Å²) in [4.78, 5) is 15.3. The molecule has 25 heavy (non-hydrogen) atoms. The van der Waals surface area contributed by atoms with Gasteiger partial charge in [-0.05, 0) is 32.4 Å². The lowest BCUT2D eigenvalue weighted by molar-refractivity contribution is -0.141. The number of pyridine rings is 1. The molecule has 0 fully saturated rings. The van der Waals surface area contributed by atoms with Crippen LogP contribution in [0.5, 0.6) is 0 Å². The average molecular weight is 364 g/mol. The van der Waals surface area contributed by atoms with Crippen molar-refractivity contribution >= 4 is 6.09 Å². The minimum atomic E-state index is -4.56. The first kappa shape index (κ1) is 21.2. The predicted octanol–water partition coefficient (Wildman–Crippen LogP) is 3.29. The van der Waals surface area contributed by atoms with Crippen LogP contribution in [0, 0.1) is 0 Å². The van der Waals surface area contributed by atoms with Gasteiger partial charge in [0.2, 0.25) is 0 Å². The van der Waals surface area contributed by atoms with E-state index in [2.05, 4.69) is 10.3 Å². The van der Waals surface area contributed by atoms with Crippen LogP contribution < -0.4 is 5.32 Å². The Morgan fingerprint density at radius 2 is 1.88 bits per heavy atom. The molecule has 0 unspecified atom stereocenters.